The van der Waals surface area contributed by atoms with Gasteiger partial charge in [0.25, 0.3) is 0 Å². The van der Waals surface area contributed by atoms with Gasteiger partial charge in [-0.1, -0.05) is 24.3 Å². The van der Waals surface area contributed by atoms with Gasteiger partial charge in [0.2, 0.25) is 0 Å². The van der Waals surface area contributed by atoms with Gasteiger partial charge in [0, 0.05) is 0 Å². The molecule has 2 aromatic carbocycles. The Morgan fingerprint density at radius 2 is 1.79 bits per heavy atom. The van der Waals surface area contributed by atoms with Crippen molar-refractivity contribution in [3.8, 4) is 5.75 Å². The molecule has 0 aliphatic heterocycles. The summed E-state index contributed by atoms with van der Waals surface area (Å²) >= 11 is 5.32. The molecule has 5 nitrogen and oxygen atoms in total. The molecule has 0 aliphatic carbocycles. The lowest BCUT2D eigenvalue weighted by Gasteiger charge is -2.14. The van der Waals surface area contributed by atoms with E-state index in [0.717, 1.165) is 11.3 Å². The van der Waals surface area contributed by atoms with Crippen LogP contribution in [0.4, 0.5) is 24.5 Å². The van der Waals surface area contributed by atoms with E-state index in [1.54, 1.807) is 35.0 Å². The molecule has 0 saturated heterocycles. The highest BCUT2D eigenvalue weighted by molar-refractivity contribution is 7.80. The van der Waals surface area contributed by atoms with Gasteiger partial charge in [-0.2, -0.15) is 13.9 Å². The van der Waals surface area contributed by atoms with Gasteiger partial charge in [-0.3, -0.25) is 4.68 Å². The van der Waals surface area contributed by atoms with Crippen LogP contribution in [0.3, 0.4) is 0 Å². The van der Waals surface area contributed by atoms with Gasteiger partial charge < -0.3 is 15.4 Å². The van der Waals surface area contributed by atoms with Crippen molar-refractivity contribution in [3.63, 3.8) is 0 Å². The molecular formula is C20H19F3N4OS. The van der Waals surface area contributed by atoms with Crippen LogP contribution in [0.25, 0.3) is 0 Å². The highest BCUT2D eigenvalue weighted by Crippen LogP contribution is 2.26. The van der Waals surface area contributed by atoms with Gasteiger partial charge in [-0.25, -0.2) is 4.39 Å². The highest BCUT2D eigenvalue weighted by Gasteiger charge is 2.15. The monoisotopic (exact) mass is 420 g/mol. The Labute approximate surface area is 171 Å². The quantitative estimate of drug-likeness (QED) is 0.544. The predicted molar refractivity (Wildman–Crippen MR) is 110 cm³/mol. The van der Waals surface area contributed by atoms with Crippen molar-refractivity contribution < 1.29 is 17.9 Å². The van der Waals surface area contributed by atoms with Crippen LogP contribution in [-0.2, 0) is 6.54 Å². The van der Waals surface area contributed by atoms with E-state index in [0.29, 0.717) is 23.6 Å². The third-order valence-corrected chi connectivity index (χ3v) is 4.42. The highest BCUT2D eigenvalue weighted by atomic mass is 32.1. The maximum Gasteiger partial charge on any atom is 0.387 e. The molecule has 0 spiro atoms. The van der Waals surface area contributed by atoms with Gasteiger partial charge in [0.05, 0.1) is 29.3 Å². The normalized spacial score (nSPS) is 10.8. The van der Waals surface area contributed by atoms with Crippen LogP contribution in [-0.4, -0.2) is 21.5 Å². The Balaban J connectivity index is 1.73. The molecule has 152 valence electrons. The summed E-state index contributed by atoms with van der Waals surface area (Å²) in [6.45, 7) is 1.24. The molecule has 0 atom stereocenters. The summed E-state index contributed by atoms with van der Waals surface area (Å²) < 4.78 is 44.5. The molecule has 1 heterocycles. The predicted octanol–water partition coefficient (Wildman–Crippen LogP) is 5.10. The van der Waals surface area contributed by atoms with E-state index < -0.39 is 6.61 Å². The first-order valence-corrected chi connectivity index (χ1v) is 9.14. The first-order valence-electron chi connectivity index (χ1n) is 8.74. The number of para-hydroxylation sites is 2. The number of hydrogen-bond acceptors (Lipinski definition) is 3. The SMILES string of the molecule is Cc1nn(Cc2ccc(F)cc2)c(C)c1NC(=S)Nc1ccccc1OC(F)F. The standard InChI is InChI=1S/C20H19F3N4OS/c1-12-18(13(2)27(26-12)11-14-7-9-15(21)10-8-14)25-20(29)24-16-5-3-4-6-17(16)28-19(22)23/h3-10,19H,11H2,1-2H3,(H2,24,25,29). The maximum absolute atomic E-state index is 13.1. The van der Waals surface area contributed by atoms with Crippen molar-refractivity contribution in [1.82, 2.24) is 9.78 Å². The second-order valence-corrected chi connectivity index (χ2v) is 6.69. The van der Waals surface area contributed by atoms with E-state index in [-0.39, 0.29) is 16.7 Å². The lowest BCUT2D eigenvalue weighted by atomic mass is 10.2. The zero-order valence-electron chi connectivity index (χ0n) is 15.7. The van der Waals surface area contributed by atoms with Crippen molar-refractivity contribution in [1.29, 1.82) is 0 Å². The zero-order valence-corrected chi connectivity index (χ0v) is 16.6. The number of nitrogens with one attached hydrogen (secondary N) is 2. The Morgan fingerprint density at radius 1 is 1.10 bits per heavy atom. The van der Waals surface area contributed by atoms with Crippen molar-refractivity contribution in [2.75, 3.05) is 10.6 Å². The van der Waals surface area contributed by atoms with Crippen LogP contribution >= 0.6 is 12.2 Å². The summed E-state index contributed by atoms with van der Waals surface area (Å²) in [5.74, 6) is -0.302. The number of rotatable bonds is 6. The van der Waals surface area contributed by atoms with Gasteiger partial charge >= 0.3 is 6.61 Å². The molecule has 0 saturated carbocycles. The summed E-state index contributed by atoms with van der Waals surface area (Å²) in [6.07, 6.45) is 0. The Morgan fingerprint density at radius 3 is 2.48 bits per heavy atom. The number of hydrogen-bond donors (Lipinski definition) is 2. The van der Waals surface area contributed by atoms with Crippen molar-refractivity contribution >= 4 is 28.7 Å². The molecule has 0 fully saturated rings. The number of anilines is 2. The average molecular weight is 420 g/mol. The summed E-state index contributed by atoms with van der Waals surface area (Å²) in [5.41, 5.74) is 3.47. The van der Waals surface area contributed by atoms with E-state index in [1.165, 1.54) is 18.2 Å². The van der Waals surface area contributed by atoms with Crippen LogP contribution in [0.2, 0.25) is 0 Å². The number of thiocarbonyl (C=S) groups is 1. The first kappa shape index (κ1) is 20.7. The Kier molecular flexibility index (Phi) is 6.38. The Bertz CT molecular complexity index is 1010. The number of ether oxygens (including phenoxy) is 1. The van der Waals surface area contributed by atoms with Gasteiger partial charge in [-0.05, 0) is 55.9 Å². The molecule has 0 radical (unpaired) electrons. The molecule has 1 aromatic heterocycles. The maximum atomic E-state index is 13.1. The van der Waals surface area contributed by atoms with Crippen LogP contribution in [0.5, 0.6) is 5.75 Å². The third kappa shape index (κ3) is 5.26. The summed E-state index contributed by atoms with van der Waals surface area (Å²) in [4.78, 5) is 0. The average Bonchev–Trinajstić information content (AvgIpc) is 2.92. The molecule has 9 heteroatoms. The Hall–Kier alpha value is -3.07. The van der Waals surface area contributed by atoms with Gasteiger partial charge in [0.15, 0.2) is 5.11 Å². The molecule has 0 amide bonds. The molecule has 0 bridgehead atoms. The second kappa shape index (κ2) is 8.95. The second-order valence-electron chi connectivity index (χ2n) is 6.28. The number of halogens is 3. The molecule has 0 aliphatic rings. The van der Waals surface area contributed by atoms with Crippen molar-refractivity contribution in [2.24, 2.45) is 0 Å². The van der Waals surface area contributed by atoms with E-state index >= 15 is 0 Å². The fraction of sp³-hybridized carbons (Fsp3) is 0.200. The van der Waals surface area contributed by atoms with E-state index in [2.05, 4.69) is 20.5 Å². The summed E-state index contributed by atoms with van der Waals surface area (Å²) in [6, 6.07) is 12.5. The van der Waals surface area contributed by atoms with Crippen molar-refractivity contribution in [2.45, 2.75) is 27.0 Å². The molecule has 3 rings (SSSR count). The van der Waals surface area contributed by atoms with Crippen molar-refractivity contribution in [3.05, 3.63) is 71.3 Å². The lowest BCUT2D eigenvalue weighted by molar-refractivity contribution is -0.0493. The lowest BCUT2D eigenvalue weighted by Crippen LogP contribution is -2.20. The first-order chi connectivity index (χ1) is 13.8. The minimum absolute atomic E-state index is 0.00732. The molecule has 2 N–H and O–H groups in total. The van der Waals surface area contributed by atoms with E-state index in [4.69, 9.17) is 12.2 Å². The van der Waals surface area contributed by atoms with Gasteiger partial charge in [-0.15, -0.1) is 0 Å². The smallest absolute Gasteiger partial charge is 0.387 e. The summed E-state index contributed by atoms with van der Waals surface area (Å²) in [7, 11) is 0. The number of aromatic nitrogens is 2. The largest absolute Gasteiger partial charge is 0.433 e. The number of benzene rings is 2. The topological polar surface area (TPSA) is 51.1 Å². The van der Waals surface area contributed by atoms with Gasteiger partial charge in [0.1, 0.15) is 11.6 Å². The number of alkyl halides is 2. The van der Waals surface area contributed by atoms with Crippen LogP contribution < -0.4 is 15.4 Å². The minimum atomic E-state index is -2.94. The zero-order chi connectivity index (χ0) is 21.0. The fourth-order valence-corrected chi connectivity index (χ4v) is 3.04. The third-order valence-electron chi connectivity index (χ3n) is 4.22. The van der Waals surface area contributed by atoms with Crippen LogP contribution in [0, 0.1) is 19.7 Å². The number of nitrogens with zero attached hydrogens (tertiary/aromatic N) is 2. The molecule has 29 heavy (non-hydrogen) atoms. The van der Waals surface area contributed by atoms with E-state index in [1.807, 2.05) is 13.8 Å². The molecule has 0 unspecified atom stereocenters. The number of aryl methyl sites for hydroxylation is 1. The van der Waals surface area contributed by atoms with Crippen LogP contribution in [0.1, 0.15) is 17.0 Å². The fourth-order valence-electron chi connectivity index (χ4n) is 2.83. The molecule has 3 aromatic rings. The van der Waals surface area contributed by atoms with E-state index in [9.17, 15) is 13.2 Å². The minimum Gasteiger partial charge on any atom is -0.433 e. The van der Waals surface area contributed by atoms with Crippen LogP contribution in [0.15, 0.2) is 48.5 Å². The summed E-state index contributed by atoms with van der Waals surface area (Å²) in [5, 5.41) is 10.6. The molecular weight excluding hydrogens is 401 g/mol.